The Labute approximate surface area is 74.7 Å². The van der Waals surface area contributed by atoms with Gasteiger partial charge in [0.1, 0.15) is 12.2 Å². The Hall–Kier alpha value is -0.690. The quantitative estimate of drug-likeness (QED) is 0.437. The molecule has 1 saturated heterocycles. The molecule has 0 saturated carbocycles. The standard InChI is InChI=1S/C7H12O6/c1-3(9)12-6-4(2-8)13-7(11)5(6)10/h4-8,10-11H,2H2,1H3/t4-,5-,6+,7?/m1/s1. The highest BCUT2D eigenvalue weighted by molar-refractivity contribution is 5.66. The minimum absolute atomic E-state index is 0.425. The van der Waals surface area contributed by atoms with Crippen LogP contribution in [0.4, 0.5) is 0 Å². The first-order valence-electron chi connectivity index (χ1n) is 3.86. The summed E-state index contributed by atoms with van der Waals surface area (Å²) in [5, 5.41) is 27.0. The minimum atomic E-state index is -1.42. The van der Waals surface area contributed by atoms with Crippen LogP contribution >= 0.6 is 0 Å². The van der Waals surface area contributed by atoms with Crippen LogP contribution in [0.15, 0.2) is 0 Å². The molecule has 1 unspecified atom stereocenters. The summed E-state index contributed by atoms with van der Waals surface area (Å²) in [6, 6.07) is 0. The van der Waals surface area contributed by atoms with Crippen molar-refractivity contribution in [1.29, 1.82) is 0 Å². The summed E-state index contributed by atoms with van der Waals surface area (Å²) in [5.41, 5.74) is 0. The summed E-state index contributed by atoms with van der Waals surface area (Å²) in [5.74, 6) is -0.597. The van der Waals surface area contributed by atoms with E-state index in [0.717, 1.165) is 0 Å². The second-order valence-electron chi connectivity index (χ2n) is 2.81. The molecule has 3 N–H and O–H groups in total. The second kappa shape index (κ2) is 4.01. The SMILES string of the molecule is CC(=O)O[C@H]1[C@@H](CO)OC(O)[C@@H]1O. The largest absolute Gasteiger partial charge is 0.457 e. The molecule has 0 aromatic heterocycles. The van der Waals surface area contributed by atoms with Crippen LogP contribution in [0, 0.1) is 0 Å². The van der Waals surface area contributed by atoms with Crippen LogP contribution in [0.3, 0.4) is 0 Å². The van der Waals surface area contributed by atoms with E-state index >= 15 is 0 Å². The number of esters is 1. The number of carbonyl (C=O) groups is 1. The lowest BCUT2D eigenvalue weighted by atomic mass is 10.1. The normalized spacial score (nSPS) is 39.1. The summed E-state index contributed by atoms with van der Waals surface area (Å²) in [7, 11) is 0. The Morgan fingerprint density at radius 1 is 1.54 bits per heavy atom. The van der Waals surface area contributed by atoms with Crippen LogP contribution in [-0.4, -0.2) is 52.5 Å². The van der Waals surface area contributed by atoms with Crippen LogP contribution in [-0.2, 0) is 14.3 Å². The molecule has 4 atom stereocenters. The van der Waals surface area contributed by atoms with Crippen molar-refractivity contribution in [2.75, 3.05) is 6.61 Å². The van der Waals surface area contributed by atoms with E-state index in [0.29, 0.717) is 0 Å². The van der Waals surface area contributed by atoms with Crippen LogP contribution in [0.5, 0.6) is 0 Å². The average Bonchev–Trinajstić information content (AvgIpc) is 2.31. The Morgan fingerprint density at radius 2 is 2.15 bits per heavy atom. The minimum Gasteiger partial charge on any atom is -0.457 e. The Bertz CT molecular complexity index is 193. The highest BCUT2D eigenvalue weighted by Crippen LogP contribution is 2.22. The lowest BCUT2D eigenvalue weighted by Gasteiger charge is -2.17. The van der Waals surface area contributed by atoms with Gasteiger partial charge >= 0.3 is 5.97 Å². The molecule has 0 radical (unpaired) electrons. The summed E-state index contributed by atoms with van der Waals surface area (Å²) in [4.78, 5) is 10.6. The molecule has 0 bridgehead atoms. The fraction of sp³-hybridized carbons (Fsp3) is 0.857. The predicted octanol–water partition coefficient (Wildman–Crippen LogP) is -2.01. The summed E-state index contributed by atoms with van der Waals surface area (Å²) < 4.78 is 9.38. The first-order valence-corrected chi connectivity index (χ1v) is 3.86. The summed E-state index contributed by atoms with van der Waals surface area (Å²) in [6.45, 7) is 0.748. The first kappa shape index (κ1) is 10.4. The number of aliphatic hydroxyl groups is 3. The van der Waals surface area contributed by atoms with Gasteiger partial charge in [0.25, 0.3) is 0 Å². The molecule has 13 heavy (non-hydrogen) atoms. The van der Waals surface area contributed by atoms with Gasteiger partial charge in [-0.1, -0.05) is 0 Å². The van der Waals surface area contributed by atoms with Crippen LogP contribution in [0.25, 0.3) is 0 Å². The molecule has 0 amide bonds. The van der Waals surface area contributed by atoms with Crippen molar-refractivity contribution in [3.63, 3.8) is 0 Å². The number of hydrogen-bond acceptors (Lipinski definition) is 6. The van der Waals surface area contributed by atoms with Gasteiger partial charge in [0.15, 0.2) is 12.4 Å². The lowest BCUT2D eigenvalue weighted by Crippen LogP contribution is -2.37. The highest BCUT2D eigenvalue weighted by Gasteiger charge is 2.44. The summed E-state index contributed by atoms with van der Waals surface area (Å²) in [6.07, 6.45) is -4.59. The molecule has 6 heteroatoms. The Balaban J connectivity index is 2.62. The molecular weight excluding hydrogens is 180 g/mol. The maximum atomic E-state index is 10.6. The third-order valence-electron chi connectivity index (χ3n) is 1.79. The lowest BCUT2D eigenvalue weighted by molar-refractivity contribution is -0.153. The summed E-state index contributed by atoms with van der Waals surface area (Å²) >= 11 is 0. The van der Waals surface area contributed by atoms with Crippen LogP contribution in [0.1, 0.15) is 6.92 Å². The van der Waals surface area contributed by atoms with Gasteiger partial charge < -0.3 is 24.8 Å². The van der Waals surface area contributed by atoms with Crippen molar-refractivity contribution < 1.29 is 29.6 Å². The predicted molar refractivity (Wildman–Crippen MR) is 39.5 cm³/mol. The zero-order valence-corrected chi connectivity index (χ0v) is 7.08. The number of hydrogen-bond donors (Lipinski definition) is 3. The first-order chi connectivity index (χ1) is 6.06. The maximum Gasteiger partial charge on any atom is 0.303 e. The van der Waals surface area contributed by atoms with Gasteiger partial charge in [-0.3, -0.25) is 4.79 Å². The third-order valence-corrected chi connectivity index (χ3v) is 1.79. The van der Waals surface area contributed by atoms with E-state index in [1.54, 1.807) is 0 Å². The maximum absolute atomic E-state index is 10.6. The molecule has 1 aliphatic heterocycles. The van der Waals surface area contributed by atoms with Gasteiger partial charge in [0.05, 0.1) is 6.61 Å². The van der Waals surface area contributed by atoms with Crippen molar-refractivity contribution >= 4 is 5.97 Å². The monoisotopic (exact) mass is 192 g/mol. The molecular formula is C7H12O6. The molecule has 1 aliphatic rings. The number of ether oxygens (including phenoxy) is 2. The number of rotatable bonds is 2. The third kappa shape index (κ3) is 2.16. The molecule has 0 spiro atoms. The van der Waals surface area contributed by atoms with Gasteiger partial charge in [-0.15, -0.1) is 0 Å². The van der Waals surface area contributed by atoms with Gasteiger partial charge in [0, 0.05) is 6.92 Å². The van der Waals surface area contributed by atoms with Crippen molar-refractivity contribution in [2.24, 2.45) is 0 Å². The molecule has 1 rings (SSSR count). The van der Waals surface area contributed by atoms with Gasteiger partial charge in [-0.05, 0) is 0 Å². The van der Waals surface area contributed by atoms with E-state index < -0.39 is 37.2 Å². The van der Waals surface area contributed by atoms with Gasteiger partial charge in [-0.25, -0.2) is 0 Å². The van der Waals surface area contributed by atoms with E-state index in [-0.39, 0.29) is 0 Å². The molecule has 0 aliphatic carbocycles. The van der Waals surface area contributed by atoms with E-state index in [1.165, 1.54) is 6.92 Å². The highest BCUT2D eigenvalue weighted by atomic mass is 16.7. The molecule has 1 heterocycles. The molecule has 0 aromatic carbocycles. The van der Waals surface area contributed by atoms with Gasteiger partial charge in [0.2, 0.25) is 0 Å². The second-order valence-corrected chi connectivity index (χ2v) is 2.81. The number of aliphatic hydroxyl groups excluding tert-OH is 3. The van der Waals surface area contributed by atoms with Crippen molar-refractivity contribution in [3.8, 4) is 0 Å². The van der Waals surface area contributed by atoms with Crippen molar-refractivity contribution in [2.45, 2.75) is 31.5 Å². The zero-order valence-electron chi connectivity index (χ0n) is 7.08. The van der Waals surface area contributed by atoms with Crippen LogP contribution in [0.2, 0.25) is 0 Å². The molecule has 6 nitrogen and oxygen atoms in total. The van der Waals surface area contributed by atoms with Crippen LogP contribution < -0.4 is 0 Å². The zero-order chi connectivity index (χ0) is 10.0. The van der Waals surface area contributed by atoms with Crippen molar-refractivity contribution in [1.82, 2.24) is 0 Å². The molecule has 1 fully saturated rings. The van der Waals surface area contributed by atoms with E-state index in [1.807, 2.05) is 0 Å². The Kier molecular flexibility index (Phi) is 3.21. The average molecular weight is 192 g/mol. The fourth-order valence-electron chi connectivity index (χ4n) is 1.20. The van der Waals surface area contributed by atoms with Gasteiger partial charge in [-0.2, -0.15) is 0 Å². The fourth-order valence-corrected chi connectivity index (χ4v) is 1.20. The smallest absolute Gasteiger partial charge is 0.303 e. The Morgan fingerprint density at radius 3 is 2.62 bits per heavy atom. The van der Waals surface area contributed by atoms with E-state index in [9.17, 15) is 9.90 Å². The number of carbonyl (C=O) groups excluding carboxylic acids is 1. The van der Waals surface area contributed by atoms with E-state index in [2.05, 4.69) is 4.74 Å². The van der Waals surface area contributed by atoms with E-state index in [4.69, 9.17) is 14.9 Å². The molecule has 0 aromatic rings. The molecule has 76 valence electrons. The van der Waals surface area contributed by atoms with Crippen molar-refractivity contribution in [3.05, 3.63) is 0 Å². The topological polar surface area (TPSA) is 96.2 Å².